The average Bonchev–Trinajstić information content (AvgIpc) is 3.17. The zero-order valence-electron chi connectivity index (χ0n) is 17.3. The number of carbonyl (C=O) groups is 1. The van der Waals surface area contributed by atoms with Gasteiger partial charge in [0, 0.05) is 17.1 Å². The van der Waals surface area contributed by atoms with Crippen molar-refractivity contribution < 1.29 is 41.3 Å². The van der Waals surface area contributed by atoms with Crippen LogP contribution in [0.1, 0.15) is 16.7 Å². The third kappa shape index (κ3) is 4.80. The molecule has 0 aliphatic carbocycles. The first kappa shape index (κ1) is 23.1. The Labute approximate surface area is 189 Å². The number of hydrogen-bond donors (Lipinski definition) is 1. The molecule has 0 aliphatic rings. The molecule has 3 aromatic carbocycles. The summed E-state index contributed by atoms with van der Waals surface area (Å²) in [5.74, 6) is -1.60. The zero-order chi connectivity index (χ0) is 24.5. The number of nitrogens with zero attached hydrogens (tertiary/aromatic N) is 1. The van der Waals surface area contributed by atoms with Crippen LogP contribution in [0.5, 0.6) is 11.5 Å². The van der Waals surface area contributed by atoms with E-state index >= 15 is 0 Å². The molecule has 0 saturated carbocycles. The maximum Gasteiger partial charge on any atom is 0.511 e. The summed E-state index contributed by atoms with van der Waals surface area (Å²) >= 11 is 0. The van der Waals surface area contributed by atoms with Crippen LogP contribution in [-0.4, -0.2) is 15.8 Å². The number of ether oxygens (including phenoxy) is 2. The van der Waals surface area contributed by atoms with Crippen LogP contribution in [0, 0.1) is 11.6 Å². The van der Waals surface area contributed by atoms with Gasteiger partial charge in [0.05, 0.1) is 23.2 Å². The van der Waals surface area contributed by atoms with Crippen molar-refractivity contribution in [2.45, 2.75) is 19.3 Å². The number of fused-ring (bicyclic) bond motifs is 1. The summed E-state index contributed by atoms with van der Waals surface area (Å²) in [5.41, 5.74) is -0.663. The monoisotopic (exact) mass is 477 g/mol. The number of hydrogen-bond acceptors (Lipinski definition) is 3. The summed E-state index contributed by atoms with van der Waals surface area (Å²) in [6.07, 6.45) is -4.57. The van der Waals surface area contributed by atoms with Gasteiger partial charge in [0.1, 0.15) is 29.7 Å². The molecular weight excluding hydrogens is 461 g/mol. The molecule has 1 aromatic heterocycles. The van der Waals surface area contributed by atoms with Crippen LogP contribution in [-0.2, 0) is 19.3 Å². The van der Waals surface area contributed by atoms with E-state index in [2.05, 4.69) is 0 Å². The van der Waals surface area contributed by atoms with Crippen molar-refractivity contribution in [2.75, 3.05) is 0 Å². The maximum atomic E-state index is 14.0. The van der Waals surface area contributed by atoms with Crippen LogP contribution in [0.4, 0.5) is 26.7 Å². The molecule has 0 atom stereocenters. The fraction of sp³-hybridized carbons (Fsp3) is 0.125. The number of alkyl halides is 3. The summed E-state index contributed by atoms with van der Waals surface area (Å²) in [7, 11) is 0. The lowest BCUT2D eigenvalue weighted by Crippen LogP contribution is -2.09. The standard InChI is InChI=1S/C24H16F5NO4/c25-18-3-1-4-19(26)17(18)13-33-21-8-7-15(24(27,28)29)11-14(21)12-30-10-9-16-20(30)5-2-6-22(16)34-23(31)32/h1-11H,12-13H2,(H,31,32). The number of rotatable bonds is 6. The van der Waals surface area contributed by atoms with Crippen LogP contribution in [0.15, 0.2) is 66.9 Å². The molecule has 0 saturated heterocycles. The lowest BCUT2D eigenvalue weighted by Gasteiger charge is -2.16. The average molecular weight is 477 g/mol. The highest BCUT2D eigenvalue weighted by Crippen LogP contribution is 2.34. The fourth-order valence-corrected chi connectivity index (χ4v) is 3.54. The van der Waals surface area contributed by atoms with Gasteiger partial charge in [-0.2, -0.15) is 13.2 Å². The van der Waals surface area contributed by atoms with Crippen molar-refractivity contribution in [1.82, 2.24) is 4.57 Å². The van der Waals surface area contributed by atoms with Crippen LogP contribution >= 0.6 is 0 Å². The summed E-state index contributed by atoms with van der Waals surface area (Å²) in [6.45, 7) is -0.626. The Bertz CT molecular complexity index is 1340. The number of benzene rings is 3. The molecule has 0 spiro atoms. The quantitative estimate of drug-likeness (QED) is 0.193. The largest absolute Gasteiger partial charge is 0.511 e. The van der Waals surface area contributed by atoms with Crippen LogP contribution in [0.2, 0.25) is 0 Å². The Kier molecular flexibility index (Phi) is 6.14. The highest BCUT2D eigenvalue weighted by molar-refractivity contribution is 5.88. The second-order valence-corrected chi connectivity index (χ2v) is 7.31. The second-order valence-electron chi connectivity index (χ2n) is 7.31. The fourth-order valence-electron chi connectivity index (χ4n) is 3.54. The van der Waals surface area contributed by atoms with E-state index in [1.54, 1.807) is 29.0 Å². The van der Waals surface area contributed by atoms with Crippen LogP contribution in [0.25, 0.3) is 10.9 Å². The molecule has 176 valence electrons. The maximum absolute atomic E-state index is 14.0. The van der Waals surface area contributed by atoms with E-state index in [0.717, 1.165) is 30.3 Å². The third-order valence-corrected chi connectivity index (χ3v) is 5.13. The molecule has 1 heterocycles. The highest BCUT2D eigenvalue weighted by Gasteiger charge is 2.31. The Balaban J connectivity index is 1.70. The Hall–Kier alpha value is -4.08. The molecule has 0 bridgehead atoms. The number of aromatic nitrogens is 1. The van der Waals surface area contributed by atoms with Crippen molar-refractivity contribution in [3.63, 3.8) is 0 Å². The van der Waals surface area contributed by atoms with E-state index in [0.29, 0.717) is 10.9 Å². The van der Waals surface area contributed by atoms with Crippen molar-refractivity contribution in [2.24, 2.45) is 0 Å². The molecule has 1 N–H and O–H groups in total. The van der Waals surface area contributed by atoms with E-state index in [1.165, 1.54) is 12.1 Å². The first-order valence-electron chi connectivity index (χ1n) is 9.88. The van der Waals surface area contributed by atoms with Gasteiger partial charge in [-0.3, -0.25) is 0 Å². The number of halogens is 5. The van der Waals surface area contributed by atoms with E-state index in [-0.39, 0.29) is 29.2 Å². The van der Waals surface area contributed by atoms with E-state index in [9.17, 15) is 26.7 Å². The molecule has 0 fully saturated rings. The lowest BCUT2D eigenvalue weighted by atomic mass is 10.1. The molecule has 10 heteroatoms. The van der Waals surface area contributed by atoms with Crippen molar-refractivity contribution in [3.05, 3.63) is 95.2 Å². The first-order valence-corrected chi connectivity index (χ1v) is 9.88. The van der Waals surface area contributed by atoms with Crippen molar-refractivity contribution in [3.8, 4) is 11.5 Å². The normalized spacial score (nSPS) is 11.6. The van der Waals surface area contributed by atoms with E-state index in [4.69, 9.17) is 14.6 Å². The van der Waals surface area contributed by atoms with Gasteiger partial charge in [0.2, 0.25) is 0 Å². The minimum atomic E-state index is -4.62. The molecule has 4 rings (SSSR count). The number of carboxylic acid groups (broad SMARTS) is 1. The molecule has 0 unspecified atom stereocenters. The predicted molar refractivity (Wildman–Crippen MR) is 112 cm³/mol. The topological polar surface area (TPSA) is 60.7 Å². The predicted octanol–water partition coefficient (Wildman–Crippen LogP) is 6.62. The first-order chi connectivity index (χ1) is 16.1. The van der Waals surface area contributed by atoms with Crippen molar-refractivity contribution in [1.29, 1.82) is 0 Å². The van der Waals surface area contributed by atoms with Gasteiger partial charge in [-0.05, 0) is 48.5 Å². The van der Waals surface area contributed by atoms with Gasteiger partial charge in [-0.25, -0.2) is 13.6 Å². The Morgan fingerprint density at radius 3 is 2.32 bits per heavy atom. The molecule has 5 nitrogen and oxygen atoms in total. The van der Waals surface area contributed by atoms with Gasteiger partial charge in [0.25, 0.3) is 0 Å². The lowest BCUT2D eigenvalue weighted by molar-refractivity contribution is -0.137. The Morgan fingerprint density at radius 1 is 0.941 bits per heavy atom. The summed E-state index contributed by atoms with van der Waals surface area (Å²) in [4.78, 5) is 10.9. The molecule has 0 radical (unpaired) electrons. The Morgan fingerprint density at radius 2 is 1.65 bits per heavy atom. The highest BCUT2D eigenvalue weighted by atomic mass is 19.4. The van der Waals surface area contributed by atoms with Gasteiger partial charge in [0.15, 0.2) is 0 Å². The smallest absolute Gasteiger partial charge is 0.488 e. The molecule has 34 heavy (non-hydrogen) atoms. The van der Waals surface area contributed by atoms with Gasteiger partial charge < -0.3 is 19.1 Å². The molecule has 0 aliphatic heterocycles. The van der Waals surface area contributed by atoms with Crippen molar-refractivity contribution >= 4 is 17.1 Å². The van der Waals surface area contributed by atoms with Gasteiger partial charge in [-0.1, -0.05) is 12.1 Å². The summed E-state index contributed by atoms with van der Waals surface area (Å²) < 4.78 is 79.8. The second kappa shape index (κ2) is 9.05. The van der Waals surface area contributed by atoms with Gasteiger partial charge >= 0.3 is 12.3 Å². The third-order valence-electron chi connectivity index (χ3n) is 5.13. The molecule has 0 amide bonds. The minimum Gasteiger partial charge on any atom is -0.488 e. The van der Waals surface area contributed by atoms with E-state index < -0.39 is 36.1 Å². The van der Waals surface area contributed by atoms with Crippen LogP contribution in [0.3, 0.4) is 0 Å². The summed E-state index contributed by atoms with van der Waals surface area (Å²) in [6, 6.07) is 12.3. The SMILES string of the molecule is O=C(O)Oc1cccc2c1ccn2Cc1cc(C(F)(F)F)ccc1OCc1c(F)cccc1F. The molecule has 4 aromatic rings. The zero-order valence-corrected chi connectivity index (χ0v) is 17.3. The molecular formula is C24H16F5NO4. The minimum absolute atomic E-state index is 0.00967. The van der Waals surface area contributed by atoms with E-state index in [1.807, 2.05) is 0 Å². The summed E-state index contributed by atoms with van der Waals surface area (Å²) in [5, 5.41) is 9.34. The van der Waals surface area contributed by atoms with Crippen LogP contribution < -0.4 is 9.47 Å². The van der Waals surface area contributed by atoms with Gasteiger partial charge in [-0.15, -0.1) is 0 Å².